The third-order valence-electron chi connectivity index (χ3n) is 2.83. The Labute approximate surface area is 110 Å². The maximum absolute atomic E-state index is 12.5. The minimum absolute atomic E-state index is 0.303. The Kier molecular flexibility index (Phi) is 4.19. The Hall–Kier alpha value is -1.13. The highest BCUT2D eigenvalue weighted by Gasteiger charge is 2.12. The van der Waals surface area contributed by atoms with Crippen LogP contribution >= 0.6 is 11.6 Å². The zero-order valence-corrected chi connectivity index (χ0v) is 10.8. The number of hydrogen-bond acceptors (Lipinski definition) is 1. The molecule has 0 unspecified atom stereocenters. The van der Waals surface area contributed by atoms with Crippen LogP contribution in [0.4, 0.5) is 8.78 Å². The molecule has 18 heavy (non-hydrogen) atoms. The maximum Gasteiger partial charge on any atom is 0.256 e. The fourth-order valence-electron chi connectivity index (χ4n) is 2.04. The van der Waals surface area contributed by atoms with Gasteiger partial charge in [0.15, 0.2) is 0 Å². The minimum Gasteiger partial charge on any atom is -0.341 e. The van der Waals surface area contributed by atoms with Crippen LogP contribution in [0.15, 0.2) is 24.4 Å². The highest BCUT2D eigenvalue weighted by atomic mass is 35.5. The van der Waals surface area contributed by atoms with Gasteiger partial charge in [-0.2, -0.15) is 0 Å². The Balaban J connectivity index is 2.45. The molecule has 0 spiro atoms. The topological polar surface area (TPSA) is 17.0 Å². The summed E-state index contributed by atoms with van der Waals surface area (Å²) < 4.78 is 26.6. The van der Waals surface area contributed by atoms with E-state index in [0.717, 1.165) is 23.0 Å². The molecule has 0 saturated carbocycles. The SMILES string of the molecule is CCNCc1cn(CC(F)F)c2cc(Cl)ccc12. The second kappa shape index (κ2) is 5.67. The van der Waals surface area contributed by atoms with Gasteiger partial charge in [0.2, 0.25) is 0 Å². The molecular formula is C13H15ClF2N2. The molecule has 0 aliphatic carbocycles. The van der Waals surface area contributed by atoms with E-state index in [1.54, 1.807) is 22.9 Å². The van der Waals surface area contributed by atoms with E-state index < -0.39 is 6.43 Å². The van der Waals surface area contributed by atoms with Gasteiger partial charge in [0, 0.05) is 23.2 Å². The number of aromatic nitrogens is 1. The average molecular weight is 273 g/mol. The molecule has 5 heteroatoms. The molecule has 0 saturated heterocycles. The van der Waals surface area contributed by atoms with Crippen molar-refractivity contribution in [2.75, 3.05) is 6.54 Å². The van der Waals surface area contributed by atoms with Gasteiger partial charge < -0.3 is 9.88 Å². The Morgan fingerprint density at radius 1 is 1.39 bits per heavy atom. The van der Waals surface area contributed by atoms with Crippen molar-refractivity contribution in [1.29, 1.82) is 0 Å². The van der Waals surface area contributed by atoms with Crippen LogP contribution in [0.2, 0.25) is 5.02 Å². The minimum atomic E-state index is -2.37. The molecule has 2 rings (SSSR count). The van der Waals surface area contributed by atoms with Crippen LogP contribution in [0, 0.1) is 0 Å². The monoisotopic (exact) mass is 272 g/mol. The van der Waals surface area contributed by atoms with Crippen LogP contribution in [-0.2, 0) is 13.1 Å². The second-order valence-corrected chi connectivity index (χ2v) is 4.58. The summed E-state index contributed by atoms with van der Waals surface area (Å²) in [5.74, 6) is 0. The predicted octanol–water partition coefficient (Wildman–Crippen LogP) is 3.67. The molecule has 1 aromatic carbocycles. The number of nitrogens with zero attached hydrogens (tertiary/aromatic N) is 1. The molecule has 0 fully saturated rings. The largest absolute Gasteiger partial charge is 0.341 e. The number of fused-ring (bicyclic) bond motifs is 1. The number of alkyl halides is 2. The van der Waals surface area contributed by atoms with Crippen molar-refractivity contribution in [2.45, 2.75) is 26.4 Å². The average Bonchev–Trinajstić information content (AvgIpc) is 2.64. The predicted molar refractivity (Wildman–Crippen MR) is 70.3 cm³/mol. The van der Waals surface area contributed by atoms with E-state index in [4.69, 9.17) is 11.6 Å². The van der Waals surface area contributed by atoms with Crippen molar-refractivity contribution in [3.63, 3.8) is 0 Å². The molecule has 0 bridgehead atoms. The number of halogens is 3. The van der Waals surface area contributed by atoms with Gasteiger partial charge in [0.25, 0.3) is 6.43 Å². The first kappa shape index (κ1) is 13.3. The lowest BCUT2D eigenvalue weighted by Crippen LogP contribution is -2.11. The third-order valence-corrected chi connectivity index (χ3v) is 3.06. The normalized spacial score (nSPS) is 11.6. The summed E-state index contributed by atoms with van der Waals surface area (Å²) in [5.41, 5.74) is 1.78. The molecule has 0 aliphatic rings. The first-order valence-corrected chi connectivity index (χ1v) is 6.25. The van der Waals surface area contributed by atoms with E-state index in [1.165, 1.54) is 0 Å². The van der Waals surface area contributed by atoms with E-state index in [9.17, 15) is 8.78 Å². The van der Waals surface area contributed by atoms with E-state index in [-0.39, 0.29) is 6.54 Å². The van der Waals surface area contributed by atoms with Crippen molar-refractivity contribution in [1.82, 2.24) is 9.88 Å². The fraction of sp³-hybridized carbons (Fsp3) is 0.385. The summed E-state index contributed by atoms with van der Waals surface area (Å²) in [6, 6.07) is 5.40. The molecule has 0 atom stereocenters. The van der Waals surface area contributed by atoms with E-state index in [2.05, 4.69) is 5.32 Å². The van der Waals surface area contributed by atoms with Gasteiger partial charge in [-0.15, -0.1) is 0 Å². The summed E-state index contributed by atoms with van der Waals surface area (Å²) in [7, 11) is 0. The summed E-state index contributed by atoms with van der Waals surface area (Å²) in [5, 5.41) is 4.74. The smallest absolute Gasteiger partial charge is 0.256 e. The van der Waals surface area contributed by atoms with Crippen molar-refractivity contribution in [3.05, 3.63) is 35.0 Å². The van der Waals surface area contributed by atoms with Crippen molar-refractivity contribution < 1.29 is 8.78 Å². The van der Waals surface area contributed by atoms with Crippen LogP contribution < -0.4 is 5.32 Å². The van der Waals surface area contributed by atoms with E-state index in [0.29, 0.717) is 11.6 Å². The fourth-order valence-corrected chi connectivity index (χ4v) is 2.21. The first-order valence-electron chi connectivity index (χ1n) is 5.88. The molecule has 98 valence electrons. The van der Waals surface area contributed by atoms with Gasteiger partial charge in [-0.3, -0.25) is 0 Å². The molecule has 1 heterocycles. The molecule has 0 radical (unpaired) electrons. The zero-order valence-electron chi connectivity index (χ0n) is 10.1. The Morgan fingerprint density at radius 3 is 2.83 bits per heavy atom. The van der Waals surface area contributed by atoms with Crippen LogP contribution in [0.5, 0.6) is 0 Å². The highest BCUT2D eigenvalue weighted by molar-refractivity contribution is 6.31. The van der Waals surface area contributed by atoms with Gasteiger partial charge in [-0.05, 0) is 24.2 Å². The standard InChI is InChI=1S/C13H15ClF2N2/c1-2-17-6-9-7-18(8-13(15)16)12-5-10(14)3-4-11(9)12/h3-5,7,13,17H,2,6,8H2,1H3. The number of hydrogen-bond donors (Lipinski definition) is 1. The molecule has 2 aromatic rings. The lowest BCUT2D eigenvalue weighted by Gasteiger charge is -2.03. The summed E-state index contributed by atoms with van der Waals surface area (Å²) >= 11 is 5.92. The van der Waals surface area contributed by atoms with Crippen molar-refractivity contribution in [3.8, 4) is 0 Å². The van der Waals surface area contributed by atoms with Gasteiger partial charge in [0.05, 0.1) is 12.1 Å². The lowest BCUT2D eigenvalue weighted by atomic mass is 10.2. The molecule has 1 N–H and O–H groups in total. The van der Waals surface area contributed by atoms with E-state index >= 15 is 0 Å². The third kappa shape index (κ3) is 2.82. The second-order valence-electron chi connectivity index (χ2n) is 4.14. The van der Waals surface area contributed by atoms with Gasteiger partial charge >= 0.3 is 0 Å². The van der Waals surface area contributed by atoms with Gasteiger partial charge in [-0.25, -0.2) is 8.78 Å². The number of benzene rings is 1. The van der Waals surface area contributed by atoms with Gasteiger partial charge in [-0.1, -0.05) is 24.6 Å². The summed E-state index contributed by atoms with van der Waals surface area (Å²) in [6.07, 6.45) is -0.595. The molecular weight excluding hydrogens is 258 g/mol. The molecule has 0 aliphatic heterocycles. The van der Waals surface area contributed by atoms with Crippen LogP contribution in [0.1, 0.15) is 12.5 Å². The Bertz CT molecular complexity index is 537. The number of rotatable bonds is 5. The lowest BCUT2D eigenvalue weighted by molar-refractivity contribution is 0.128. The number of nitrogens with one attached hydrogen (secondary N) is 1. The van der Waals surface area contributed by atoms with Gasteiger partial charge in [0.1, 0.15) is 0 Å². The van der Waals surface area contributed by atoms with E-state index in [1.807, 2.05) is 13.0 Å². The highest BCUT2D eigenvalue weighted by Crippen LogP contribution is 2.25. The zero-order chi connectivity index (χ0) is 13.1. The van der Waals surface area contributed by atoms with Crippen LogP contribution in [-0.4, -0.2) is 17.5 Å². The summed E-state index contributed by atoms with van der Waals surface area (Å²) in [6.45, 7) is 3.22. The van der Waals surface area contributed by atoms with Crippen molar-refractivity contribution >= 4 is 22.5 Å². The first-order chi connectivity index (χ1) is 8.61. The molecule has 0 amide bonds. The summed E-state index contributed by atoms with van der Waals surface area (Å²) in [4.78, 5) is 0. The molecule has 1 aromatic heterocycles. The van der Waals surface area contributed by atoms with Crippen molar-refractivity contribution in [2.24, 2.45) is 0 Å². The van der Waals surface area contributed by atoms with Crippen LogP contribution in [0.3, 0.4) is 0 Å². The Morgan fingerprint density at radius 2 is 2.17 bits per heavy atom. The quantitative estimate of drug-likeness (QED) is 0.879. The maximum atomic E-state index is 12.5. The molecule has 2 nitrogen and oxygen atoms in total. The van der Waals surface area contributed by atoms with Crippen LogP contribution in [0.25, 0.3) is 10.9 Å².